The van der Waals surface area contributed by atoms with E-state index in [9.17, 15) is 0 Å². The highest BCUT2D eigenvalue weighted by molar-refractivity contribution is 5.30. The van der Waals surface area contributed by atoms with E-state index in [4.69, 9.17) is 4.74 Å². The molecule has 1 atom stereocenters. The van der Waals surface area contributed by atoms with Gasteiger partial charge >= 0.3 is 0 Å². The number of aromatic nitrogens is 1. The van der Waals surface area contributed by atoms with E-state index in [0.717, 1.165) is 23.6 Å². The van der Waals surface area contributed by atoms with Crippen LogP contribution in [-0.2, 0) is 6.61 Å². The minimum atomic E-state index is 0.333. The Balaban J connectivity index is 2.03. The number of benzene rings is 1. The van der Waals surface area contributed by atoms with E-state index >= 15 is 0 Å². The maximum atomic E-state index is 5.85. The molecular formula is C17H22N2O. The largest absolute Gasteiger partial charge is 0.487 e. The fraction of sp³-hybridized carbons (Fsp3) is 0.353. The van der Waals surface area contributed by atoms with Crippen LogP contribution < -0.4 is 10.1 Å². The van der Waals surface area contributed by atoms with Crippen LogP contribution in [0.15, 0.2) is 42.6 Å². The third-order valence-corrected chi connectivity index (χ3v) is 3.36. The summed E-state index contributed by atoms with van der Waals surface area (Å²) in [5, 5.41) is 3.40. The standard InChI is InChI=1S/C17H22N2O/c1-4-18-14(3)15-8-5-9-16(11-15)20-12-17-13(2)7-6-10-19-17/h5-11,14,18H,4,12H2,1-3H3. The van der Waals surface area contributed by atoms with E-state index in [0.29, 0.717) is 12.6 Å². The second-order valence-electron chi connectivity index (χ2n) is 4.91. The Kier molecular flexibility index (Phi) is 5.13. The molecule has 0 aliphatic heterocycles. The lowest BCUT2D eigenvalue weighted by molar-refractivity contribution is 0.300. The summed E-state index contributed by atoms with van der Waals surface area (Å²) in [7, 11) is 0. The first-order valence-electron chi connectivity index (χ1n) is 7.07. The van der Waals surface area contributed by atoms with Gasteiger partial charge in [0, 0.05) is 12.2 Å². The Labute approximate surface area is 121 Å². The van der Waals surface area contributed by atoms with Gasteiger partial charge in [-0.1, -0.05) is 25.1 Å². The summed E-state index contributed by atoms with van der Waals surface area (Å²) in [6.07, 6.45) is 1.80. The van der Waals surface area contributed by atoms with Crippen LogP contribution in [0.2, 0.25) is 0 Å². The van der Waals surface area contributed by atoms with Crippen LogP contribution >= 0.6 is 0 Å². The topological polar surface area (TPSA) is 34.1 Å². The van der Waals surface area contributed by atoms with E-state index in [1.807, 2.05) is 18.2 Å². The Morgan fingerprint density at radius 3 is 2.85 bits per heavy atom. The van der Waals surface area contributed by atoms with Gasteiger partial charge in [0.15, 0.2) is 0 Å². The summed E-state index contributed by atoms with van der Waals surface area (Å²) in [5.74, 6) is 0.886. The van der Waals surface area contributed by atoms with E-state index in [1.54, 1.807) is 6.20 Å². The highest BCUT2D eigenvalue weighted by Gasteiger charge is 2.05. The fourth-order valence-electron chi connectivity index (χ4n) is 2.12. The molecule has 3 nitrogen and oxygen atoms in total. The lowest BCUT2D eigenvalue weighted by Gasteiger charge is -2.14. The molecule has 106 valence electrons. The third kappa shape index (κ3) is 3.81. The lowest BCUT2D eigenvalue weighted by atomic mass is 10.1. The normalized spacial score (nSPS) is 12.2. The Morgan fingerprint density at radius 1 is 1.25 bits per heavy atom. The molecule has 0 spiro atoms. The molecule has 1 unspecified atom stereocenters. The maximum absolute atomic E-state index is 5.85. The van der Waals surface area contributed by atoms with Crippen LogP contribution in [0.5, 0.6) is 5.75 Å². The first-order chi connectivity index (χ1) is 9.70. The number of rotatable bonds is 6. The number of ether oxygens (including phenoxy) is 1. The highest BCUT2D eigenvalue weighted by atomic mass is 16.5. The Hall–Kier alpha value is -1.87. The number of pyridine rings is 1. The van der Waals surface area contributed by atoms with E-state index in [-0.39, 0.29) is 0 Å². The molecule has 0 aliphatic rings. The summed E-state index contributed by atoms with van der Waals surface area (Å²) in [6.45, 7) is 7.78. The molecule has 3 heteroatoms. The van der Waals surface area contributed by atoms with E-state index < -0.39 is 0 Å². The van der Waals surface area contributed by atoms with Crippen molar-refractivity contribution in [2.75, 3.05) is 6.54 Å². The van der Waals surface area contributed by atoms with Gasteiger partial charge in [-0.05, 0) is 49.7 Å². The monoisotopic (exact) mass is 270 g/mol. The van der Waals surface area contributed by atoms with Crippen molar-refractivity contribution in [1.29, 1.82) is 0 Å². The smallest absolute Gasteiger partial charge is 0.130 e. The molecule has 1 aromatic heterocycles. The molecule has 1 aromatic carbocycles. The van der Waals surface area contributed by atoms with E-state index in [1.165, 1.54) is 5.56 Å². The van der Waals surface area contributed by atoms with Crippen molar-refractivity contribution < 1.29 is 4.74 Å². The average Bonchev–Trinajstić information content (AvgIpc) is 2.47. The predicted molar refractivity (Wildman–Crippen MR) is 81.8 cm³/mol. The molecular weight excluding hydrogens is 248 g/mol. The molecule has 20 heavy (non-hydrogen) atoms. The van der Waals surface area contributed by atoms with Crippen molar-refractivity contribution in [3.63, 3.8) is 0 Å². The van der Waals surface area contributed by atoms with Gasteiger partial charge in [0.25, 0.3) is 0 Å². The number of nitrogens with one attached hydrogen (secondary N) is 1. The summed E-state index contributed by atoms with van der Waals surface area (Å²) in [4.78, 5) is 4.34. The van der Waals surface area contributed by atoms with Gasteiger partial charge in [0.05, 0.1) is 5.69 Å². The van der Waals surface area contributed by atoms with Crippen molar-refractivity contribution in [1.82, 2.24) is 10.3 Å². The summed E-state index contributed by atoms with van der Waals surface area (Å²) >= 11 is 0. The molecule has 0 fully saturated rings. The number of aryl methyl sites for hydroxylation is 1. The van der Waals surface area contributed by atoms with Gasteiger partial charge in [-0.15, -0.1) is 0 Å². The van der Waals surface area contributed by atoms with Crippen LogP contribution in [0.3, 0.4) is 0 Å². The minimum absolute atomic E-state index is 0.333. The van der Waals surface area contributed by atoms with Gasteiger partial charge in [-0.2, -0.15) is 0 Å². The molecule has 2 aromatic rings. The first-order valence-corrected chi connectivity index (χ1v) is 7.07. The van der Waals surface area contributed by atoms with Crippen molar-refractivity contribution in [2.24, 2.45) is 0 Å². The quantitative estimate of drug-likeness (QED) is 0.870. The molecule has 0 aliphatic carbocycles. The zero-order chi connectivity index (χ0) is 14.4. The average molecular weight is 270 g/mol. The zero-order valence-corrected chi connectivity index (χ0v) is 12.4. The SMILES string of the molecule is CCNC(C)c1cccc(OCc2ncccc2C)c1. The highest BCUT2D eigenvalue weighted by Crippen LogP contribution is 2.20. The Bertz CT molecular complexity index is 554. The minimum Gasteiger partial charge on any atom is -0.487 e. The van der Waals surface area contributed by atoms with Crippen LogP contribution in [0, 0.1) is 6.92 Å². The van der Waals surface area contributed by atoms with Gasteiger partial charge in [0.1, 0.15) is 12.4 Å². The predicted octanol–water partition coefficient (Wildman–Crippen LogP) is 3.64. The molecule has 2 rings (SSSR count). The Morgan fingerprint density at radius 2 is 2.10 bits per heavy atom. The van der Waals surface area contributed by atoms with Crippen molar-refractivity contribution in [2.45, 2.75) is 33.4 Å². The third-order valence-electron chi connectivity index (χ3n) is 3.36. The molecule has 1 heterocycles. The molecule has 0 bridgehead atoms. The number of nitrogens with zero attached hydrogens (tertiary/aromatic N) is 1. The first kappa shape index (κ1) is 14.5. The van der Waals surface area contributed by atoms with Gasteiger partial charge < -0.3 is 10.1 Å². The lowest BCUT2D eigenvalue weighted by Crippen LogP contribution is -2.17. The van der Waals surface area contributed by atoms with Crippen LogP contribution in [0.4, 0.5) is 0 Å². The molecule has 0 amide bonds. The van der Waals surface area contributed by atoms with Gasteiger partial charge in [0.2, 0.25) is 0 Å². The van der Waals surface area contributed by atoms with Gasteiger partial charge in [-0.25, -0.2) is 0 Å². The van der Waals surface area contributed by atoms with Crippen LogP contribution in [0.25, 0.3) is 0 Å². The molecule has 0 radical (unpaired) electrons. The van der Waals surface area contributed by atoms with Crippen molar-refractivity contribution in [3.05, 3.63) is 59.4 Å². The number of hydrogen-bond donors (Lipinski definition) is 1. The fourth-order valence-corrected chi connectivity index (χ4v) is 2.12. The second-order valence-corrected chi connectivity index (χ2v) is 4.91. The van der Waals surface area contributed by atoms with Crippen LogP contribution in [-0.4, -0.2) is 11.5 Å². The van der Waals surface area contributed by atoms with Crippen molar-refractivity contribution >= 4 is 0 Å². The van der Waals surface area contributed by atoms with Gasteiger partial charge in [-0.3, -0.25) is 4.98 Å². The summed E-state index contributed by atoms with van der Waals surface area (Å²) in [6, 6.07) is 12.6. The van der Waals surface area contributed by atoms with E-state index in [2.05, 4.69) is 49.3 Å². The second kappa shape index (κ2) is 7.06. The molecule has 0 saturated carbocycles. The summed E-state index contributed by atoms with van der Waals surface area (Å²) < 4.78 is 5.85. The van der Waals surface area contributed by atoms with Crippen LogP contribution in [0.1, 0.15) is 36.7 Å². The molecule has 0 saturated heterocycles. The zero-order valence-electron chi connectivity index (χ0n) is 12.4. The molecule has 1 N–H and O–H groups in total. The summed E-state index contributed by atoms with van der Waals surface area (Å²) in [5.41, 5.74) is 3.38. The maximum Gasteiger partial charge on any atom is 0.130 e. The number of hydrogen-bond acceptors (Lipinski definition) is 3. The van der Waals surface area contributed by atoms with Crippen molar-refractivity contribution in [3.8, 4) is 5.75 Å².